The Labute approximate surface area is 133 Å². The van der Waals surface area contributed by atoms with Crippen molar-refractivity contribution >= 4 is 33.3 Å². The summed E-state index contributed by atoms with van der Waals surface area (Å²) in [4.78, 5) is 17.7. The molecule has 114 valence electrons. The zero-order valence-electron chi connectivity index (χ0n) is 13.0. The lowest BCUT2D eigenvalue weighted by Gasteiger charge is -2.01. The number of fused-ring (bicyclic) bond motifs is 1. The highest BCUT2D eigenvalue weighted by atomic mass is 32.1. The number of carbonyl (C=O) groups is 1. The van der Waals surface area contributed by atoms with E-state index < -0.39 is 0 Å². The predicted molar refractivity (Wildman–Crippen MR) is 91.5 cm³/mol. The van der Waals surface area contributed by atoms with Crippen LogP contribution in [0.5, 0.6) is 0 Å². The fourth-order valence-electron chi connectivity index (χ4n) is 2.51. The highest BCUT2D eigenvalue weighted by molar-refractivity contribution is 7.15. The monoisotopic (exact) mass is 313 g/mol. The number of nitrogens with one attached hydrogen (secondary N) is 1. The summed E-state index contributed by atoms with van der Waals surface area (Å²) in [5, 5.41) is 4.70. The number of nitrogens with zero attached hydrogens (tertiary/aromatic N) is 2. The lowest BCUT2D eigenvalue weighted by Crippen LogP contribution is -2.13. The van der Waals surface area contributed by atoms with Gasteiger partial charge in [-0.05, 0) is 17.5 Å². The molecule has 1 aromatic carbocycles. The van der Waals surface area contributed by atoms with E-state index in [1.165, 1.54) is 4.88 Å². The van der Waals surface area contributed by atoms with Crippen molar-refractivity contribution in [2.45, 2.75) is 26.2 Å². The molecule has 0 bridgehead atoms. The molecule has 0 fully saturated rings. The molecule has 0 saturated carbocycles. The average Bonchev–Trinajstić information content (AvgIpc) is 3.06. The Morgan fingerprint density at radius 2 is 2.14 bits per heavy atom. The van der Waals surface area contributed by atoms with Crippen LogP contribution in [-0.2, 0) is 18.3 Å². The van der Waals surface area contributed by atoms with Gasteiger partial charge in [0.1, 0.15) is 0 Å². The van der Waals surface area contributed by atoms with E-state index in [4.69, 9.17) is 0 Å². The molecule has 2 heterocycles. The third kappa shape index (κ3) is 2.90. The van der Waals surface area contributed by atoms with Gasteiger partial charge in [-0.25, -0.2) is 4.98 Å². The van der Waals surface area contributed by atoms with Gasteiger partial charge in [0.25, 0.3) is 0 Å². The maximum absolute atomic E-state index is 12.3. The fourth-order valence-corrected chi connectivity index (χ4v) is 3.35. The molecule has 3 rings (SSSR count). The summed E-state index contributed by atoms with van der Waals surface area (Å²) in [5.41, 5.74) is 2.18. The van der Waals surface area contributed by atoms with Crippen molar-refractivity contribution in [3.05, 3.63) is 47.1 Å². The van der Waals surface area contributed by atoms with Crippen LogP contribution in [0.3, 0.4) is 0 Å². The Balaban J connectivity index is 1.75. The standard InChI is InChI=1S/C17H19N3OS/c1-11(2)15-9-18-17(22-15)19-16(21)8-12-10-20(3)14-7-5-4-6-13(12)14/h4-7,9-11H,8H2,1-3H3,(H,18,19,21). The SMILES string of the molecule is CC(C)c1cnc(NC(=O)Cc2cn(C)c3ccccc23)s1. The Bertz CT molecular complexity index is 816. The topological polar surface area (TPSA) is 46.9 Å². The molecule has 0 aliphatic rings. The van der Waals surface area contributed by atoms with Crippen molar-refractivity contribution < 1.29 is 4.79 Å². The first kappa shape index (κ1) is 14.8. The maximum Gasteiger partial charge on any atom is 0.230 e. The summed E-state index contributed by atoms with van der Waals surface area (Å²) in [5.74, 6) is 0.405. The van der Waals surface area contributed by atoms with Gasteiger partial charge in [0.2, 0.25) is 5.91 Å². The quantitative estimate of drug-likeness (QED) is 0.793. The summed E-state index contributed by atoms with van der Waals surface area (Å²) in [6.07, 6.45) is 4.21. The van der Waals surface area contributed by atoms with E-state index in [-0.39, 0.29) is 5.91 Å². The minimum atomic E-state index is -0.0268. The molecule has 0 spiro atoms. The summed E-state index contributed by atoms with van der Waals surface area (Å²) in [6, 6.07) is 8.12. The molecule has 4 nitrogen and oxygen atoms in total. The van der Waals surface area contributed by atoms with Crippen LogP contribution in [0.25, 0.3) is 10.9 Å². The van der Waals surface area contributed by atoms with Crippen molar-refractivity contribution in [3.63, 3.8) is 0 Å². The van der Waals surface area contributed by atoms with Crippen LogP contribution in [0, 0.1) is 0 Å². The number of aromatic nitrogens is 2. The largest absolute Gasteiger partial charge is 0.350 e. The molecule has 0 saturated heterocycles. The normalized spacial score (nSPS) is 11.3. The second-order valence-electron chi connectivity index (χ2n) is 5.73. The van der Waals surface area contributed by atoms with E-state index in [2.05, 4.69) is 40.8 Å². The zero-order chi connectivity index (χ0) is 15.7. The van der Waals surface area contributed by atoms with Crippen molar-refractivity contribution in [2.24, 2.45) is 7.05 Å². The number of thiazole rings is 1. The number of hydrogen-bond acceptors (Lipinski definition) is 3. The lowest BCUT2D eigenvalue weighted by molar-refractivity contribution is -0.115. The molecule has 0 atom stereocenters. The summed E-state index contributed by atoms with van der Waals surface area (Å²) in [6.45, 7) is 4.24. The van der Waals surface area contributed by atoms with Crippen LogP contribution in [0.2, 0.25) is 0 Å². The third-order valence-electron chi connectivity index (χ3n) is 3.67. The number of anilines is 1. The minimum absolute atomic E-state index is 0.0268. The van der Waals surface area contributed by atoms with Crippen LogP contribution in [0.15, 0.2) is 36.7 Å². The van der Waals surface area contributed by atoms with Crippen molar-refractivity contribution in [2.75, 3.05) is 5.32 Å². The molecular weight excluding hydrogens is 294 g/mol. The number of para-hydroxylation sites is 1. The molecule has 0 aliphatic heterocycles. The Hall–Kier alpha value is -2.14. The summed E-state index contributed by atoms with van der Waals surface area (Å²) < 4.78 is 2.05. The van der Waals surface area contributed by atoms with Crippen LogP contribution in [-0.4, -0.2) is 15.5 Å². The molecular formula is C17H19N3OS. The number of hydrogen-bond donors (Lipinski definition) is 1. The number of amides is 1. The number of benzene rings is 1. The van der Waals surface area contributed by atoms with Crippen LogP contribution in [0.4, 0.5) is 5.13 Å². The molecule has 1 N–H and O–H groups in total. The molecule has 0 radical (unpaired) electrons. The van der Waals surface area contributed by atoms with Crippen molar-refractivity contribution in [1.29, 1.82) is 0 Å². The van der Waals surface area contributed by atoms with Gasteiger partial charge in [0, 0.05) is 35.2 Å². The first-order valence-corrected chi connectivity index (χ1v) is 8.14. The first-order chi connectivity index (χ1) is 10.5. The maximum atomic E-state index is 12.3. The number of rotatable bonds is 4. The Morgan fingerprint density at radius 3 is 2.86 bits per heavy atom. The molecule has 3 aromatic rings. The average molecular weight is 313 g/mol. The third-order valence-corrected chi connectivity index (χ3v) is 4.88. The van der Waals surface area contributed by atoms with Gasteiger partial charge in [0.15, 0.2) is 5.13 Å². The number of carbonyl (C=O) groups excluding carboxylic acids is 1. The smallest absolute Gasteiger partial charge is 0.230 e. The first-order valence-electron chi connectivity index (χ1n) is 7.33. The zero-order valence-corrected chi connectivity index (χ0v) is 13.8. The molecule has 22 heavy (non-hydrogen) atoms. The van der Waals surface area contributed by atoms with Crippen LogP contribution in [0.1, 0.15) is 30.2 Å². The Kier molecular flexibility index (Phi) is 3.98. The van der Waals surface area contributed by atoms with Gasteiger partial charge < -0.3 is 9.88 Å². The van der Waals surface area contributed by atoms with Gasteiger partial charge in [-0.1, -0.05) is 32.0 Å². The highest BCUT2D eigenvalue weighted by Crippen LogP contribution is 2.26. The molecule has 0 aliphatic carbocycles. The van der Waals surface area contributed by atoms with Crippen LogP contribution < -0.4 is 5.32 Å². The second-order valence-corrected chi connectivity index (χ2v) is 6.79. The predicted octanol–water partition coefficient (Wildman–Crippen LogP) is 3.94. The summed E-state index contributed by atoms with van der Waals surface area (Å²) >= 11 is 1.54. The van der Waals surface area contributed by atoms with E-state index in [0.29, 0.717) is 17.5 Å². The lowest BCUT2D eigenvalue weighted by atomic mass is 10.1. The van der Waals surface area contributed by atoms with Crippen molar-refractivity contribution in [1.82, 2.24) is 9.55 Å². The van der Waals surface area contributed by atoms with Crippen LogP contribution >= 0.6 is 11.3 Å². The van der Waals surface area contributed by atoms with Gasteiger partial charge in [-0.3, -0.25) is 4.79 Å². The molecule has 0 unspecified atom stereocenters. The van der Waals surface area contributed by atoms with Gasteiger partial charge >= 0.3 is 0 Å². The Morgan fingerprint density at radius 1 is 1.36 bits per heavy atom. The van der Waals surface area contributed by atoms with E-state index in [1.807, 2.05) is 31.6 Å². The van der Waals surface area contributed by atoms with E-state index in [0.717, 1.165) is 16.5 Å². The van der Waals surface area contributed by atoms with Crippen molar-refractivity contribution in [3.8, 4) is 0 Å². The number of aryl methyl sites for hydroxylation is 1. The fraction of sp³-hybridized carbons (Fsp3) is 0.294. The van der Waals surface area contributed by atoms with E-state index >= 15 is 0 Å². The van der Waals surface area contributed by atoms with E-state index in [9.17, 15) is 4.79 Å². The highest BCUT2D eigenvalue weighted by Gasteiger charge is 2.12. The van der Waals surface area contributed by atoms with Gasteiger partial charge in [-0.15, -0.1) is 11.3 Å². The van der Waals surface area contributed by atoms with Gasteiger partial charge in [0.05, 0.1) is 6.42 Å². The molecule has 2 aromatic heterocycles. The molecule has 5 heteroatoms. The summed E-state index contributed by atoms with van der Waals surface area (Å²) in [7, 11) is 2.00. The minimum Gasteiger partial charge on any atom is -0.350 e. The molecule has 1 amide bonds. The van der Waals surface area contributed by atoms with Gasteiger partial charge in [-0.2, -0.15) is 0 Å². The van der Waals surface area contributed by atoms with E-state index in [1.54, 1.807) is 11.3 Å². The second kappa shape index (κ2) is 5.93.